The van der Waals surface area contributed by atoms with Crippen LogP contribution < -0.4 is 15.1 Å². The van der Waals surface area contributed by atoms with E-state index < -0.39 is 29.8 Å². The van der Waals surface area contributed by atoms with E-state index in [1.807, 2.05) is 0 Å². The number of hydrogen-bond acceptors (Lipinski definition) is 8. The summed E-state index contributed by atoms with van der Waals surface area (Å²) in [7, 11) is 0. The molecule has 0 aliphatic carbocycles. The Morgan fingerprint density at radius 2 is 1.48 bits per heavy atom. The molecule has 0 spiro atoms. The van der Waals surface area contributed by atoms with Gasteiger partial charge in [0.25, 0.3) is 0 Å². The first-order valence-corrected chi connectivity index (χ1v) is 10.0. The minimum atomic E-state index is -0.924. The molecule has 2 aromatic carbocycles. The van der Waals surface area contributed by atoms with Crippen LogP contribution in [-0.4, -0.2) is 37.4 Å². The van der Waals surface area contributed by atoms with Gasteiger partial charge in [-0.25, -0.2) is 14.4 Å². The second kappa shape index (κ2) is 9.51. The SMILES string of the molecule is CCOC(=O)[C@H](C)Oc1cc(O[C@H](C)C(=O)OCC)c2c(c1)oc(=O)c1ccccc12. The third kappa shape index (κ3) is 4.79. The van der Waals surface area contributed by atoms with Crippen LogP contribution in [0.15, 0.2) is 45.6 Å². The van der Waals surface area contributed by atoms with Gasteiger partial charge in [0.15, 0.2) is 12.2 Å². The fraction of sp³-hybridized carbons (Fsp3) is 0.348. The van der Waals surface area contributed by atoms with Gasteiger partial charge >= 0.3 is 17.6 Å². The standard InChI is InChI=1S/C23H24O8/c1-5-27-21(24)13(3)29-15-11-18(30-14(4)22(25)28-6-2)20-16-9-7-8-10-17(16)23(26)31-19(20)12-15/h7-14H,5-6H2,1-4H3/t13-,14+/m0/s1. The van der Waals surface area contributed by atoms with Crippen molar-refractivity contribution < 1.29 is 33.0 Å². The Kier molecular flexibility index (Phi) is 6.79. The third-order valence-corrected chi connectivity index (χ3v) is 4.51. The lowest BCUT2D eigenvalue weighted by atomic mass is 10.1. The van der Waals surface area contributed by atoms with Gasteiger partial charge in [-0.3, -0.25) is 0 Å². The number of esters is 2. The van der Waals surface area contributed by atoms with Gasteiger partial charge < -0.3 is 23.4 Å². The van der Waals surface area contributed by atoms with Crippen LogP contribution in [0.2, 0.25) is 0 Å². The molecular weight excluding hydrogens is 404 g/mol. The molecule has 1 aromatic heterocycles. The molecule has 0 aliphatic heterocycles. The highest BCUT2D eigenvalue weighted by atomic mass is 16.6. The number of rotatable bonds is 8. The summed E-state index contributed by atoms with van der Waals surface area (Å²) >= 11 is 0. The molecule has 0 saturated carbocycles. The van der Waals surface area contributed by atoms with Crippen molar-refractivity contribution in [3.8, 4) is 11.5 Å². The molecule has 0 fully saturated rings. The predicted molar refractivity (Wildman–Crippen MR) is 113 cm³/mol. The lowest BCUT2D eigenvalue weighted by Crippen LogP contribution is -2.27. The molecule has 3 rings (SSSR count). The summed E-state index contributed by atoms with van der Waals surface area (Å²) in [4.78, 5) is 36.5. The largest absolute Gasteiger partial charge is 0.479 e. The van der Waals surface area contributed by atoms with Crippen LogP contribution in [0.1, 0.15) is 27.7 Å². The maximum atomic E-state index is 12.4. The number of benzene rings is 2. The van der Waals surface area contributed by atoms with E-state index in [0.717, 1.165) is 0 Å². The molecule has 1 heterocycles. The van der Waals surface area contributed by atoms with E-state index >= 15 is 0 Å². The first-order valence-electron chi connectivity index (χ1n) is 10.0. The molecule has 8 nitrogen and oxygen atoms in total. The Labute approximate surface area is 178 Å². The minimum absolute atomic E-state index is 0.198. The van der Waals surface area contributed by atoms with Crippen LogP contribution in [0.4, 0.5) is 0 Å². The first kappa shape index (κ1) is 22.1. The Bertz CT molecular complexity index is 1160. The second-order valence-electron chi connectivity index (χ2n) is 6.75. The van der Waals surface area contributed by atoms with Crippen molar-refractivity contribution in [2.75, 3.05) is 13.2 Å². The third-order valence-electron chi connectivity index (χ3n) is 4.51. The van der Waals surface area contributed by atoms with Crippen molar-refractivity contribution in [3.05, 3.63) is 46.8 Å². The molecular formula is C23H24O8. The van der Waals surface area contributed by atoms with Crippen LogP contribution in [-0.2, 0) is 19.1 Å². The summed E-state index contributed by atoms with van der Waals surface area (Å²) < 4.78 is 27.0. The molecule has 0 amide bonds. The maximum absolute atomic E-state index is 12.4. The topological polar surface area (TPSA) is 101 Å². The Hall–Kier alpha value is -3.55. The number of fused-ring (bicyclic) bond motifs is 3. The highest BCUT2D eigenvalue weighted by Gasteiger charge is 2.22. The van der Waals surface area contributed by atoms with Gasteiger partial charge in [-0.15, -0.1) is 0 Å². The van der Waals surface area contributed by atoms with E-state index in [0.29, 0.717) is 16.2 Å². The van der Waals surface area contributed by atoms with Crippen LogP contribution in [0.25, 0.3) is 21.7 Å². The highest BCUT2D eigenvalue weighted by molar-refractivity contribution is 6.08. The Balaban J connectivity index is 2.14. The van der Waals surface area contributed by atoms with Gasteiger partial charge in [-0.05, 0) is 33.8 Å². The van der Waals surface area contributed by atoms with Crippen LogP contribution in [0.5, 0.6) is 11.5 Å². The van der Waals surface area contributed by atoms with E-state index in [1.165, 1.54) is 6.07 Å². The summed E-state index contributed by atoms with van der Waals surface area (Å²) in [5.74, 6) is -0.602. The zero-order valence-corrected chi connectivity index (χ0v) is 17.8. The fourth-order valence-corrected chi connectivity index (χ4v) is 3.12. The molecule has 31 heavy (non-hydrogen) atoms. The fourth-order valence-electron chi connectivity index (χ4n) is 3.12. The Morgan fingerprint density at radius 3 is 2.10 bits per heavy atom. The molecule has 8 heteroatoms. The number of ether oxygens (including phenoxy) is 4. The number of hydrogen-bond donors (Lipinski definition) is 0. The monoisotopic (exact) mass is 428 g/mol. The Morgan fingerprint density at radius 1 is 0.903 bits per heavy atom. The molecule has 0 unspecified atom stereocenters. The van der Waals surface area contributed by atoms with E-state index in [4.69, 9.17) is 23.4 Å². The van der Waals surface area contributed by atoms with Gasteiger partial charge in [0.05, 0.1) is 24.0 Å². The smallest absolute Gasteiger partial charge is 0.347 e. The summed E-state index contributed by atoms with van der Waals surface area (Å²) in [5.41, 5.74) is -0.327. The lowest BCUT2D eigenvalue weighted by Gasteiger charge is -2.18. The van der Waals surface area contributed by atoms with E-state index in [2.05, 4.69) is 0 Å². The average molecular weight is 428 g/mol. The van der Waals surface area contributed by atoms with Crippen molar-refractivity contribution in [2.45, 2.75) is 39.9 Å². The van der Waals surface area contributed by atoms with Crippen molar-refractivity contribution in [1.29, 1.82) is 0 Å². The van der Waals surface area contributed by atoms with Crippen LogP contribution in [0.3, 0.4) is 0 Å². The normalized spacial score (nSPS) is 12.9. The van der Waals surface area contributed by atoms with Crippen molar-refractivity contribution in [2.24, 2.45) is 0 Å². The van der Waals surface area contributed by atoms with Crippen LogP contribution >= 0.6 is 0 Å². The predicted octanol–water partition coefficient (Wildman–Crippen LogP) is 3.61. The van der Waals surface area contributed by atoms with Gasteiger partial charge in [0, 0.05) is 17.5 Å². The molecule has 2 atom stereocenters. The van der Waals surface area contributed by atoms with Crippen molar-refractivity contribution in [1.82, 2.24) is 0 Å². The molecule has 3 aromatic rings. The van der Waals surface area contributed by atoms with Gasteiger partial charge in [-0.2, -0.15) is 0 Å². The quantitative estimate of drug-likeness (QED) is 0.305. The summed E-state index contributed by atoms with van der Waals surface area (Å²) in [5, 5.41) is 1.48. The summed E-state index contributed by atoms with van der Waals surface area (Å²) in [6.45, 7) is 6.93. The minimum Gasteiger partial charge on any atom is -0.479 e. The molecule has 0 bridgehead atoms. The summed E-state index contributed by atoms with van der Waals surface area (Å²) in [6.07, 6.45) is -1.83. The van der Waals surface area contributed by atoms with Gasteiger partial charge in [0.1, 0.15) is 17.1 Å². The maximum Gasteiger partial charge on any atom is 0.347 e. The zero-order valence-electron chi connectivity index (χ0n) is 17.8. The number of carbonyl (C=O) groups excluding carboxylic acids is 2. The molecule has 0 aliphatic rings. The summed E-state index contributed by atoms with van der Waals surface area (Å²) in [6, 6.07) is 9.96. The first-order chi connectivity index (χ1) is 14.8. The van der Waals surface area contributed by atoms with Crippen molar-refractivity contribution in [3.63, 3.8) is 0 Å². The molecule has 0 radical (unpaired) electrons. The average Bonchev–Trinajstić information content (AvgIpc) is 2.74. The number of carbonyl (C=O) groups is 2. The highest BCUT2D eigenvalue weighted by Crippen LogP contribution is 2.36. The van der Waals surface area contributed by atoms with Crippen LogP contribution in [0, 0.1) is 0 Å². The molecule has 0 N–H and O–H groups in total. The van der Waals surface area contributed by atoms with Gasteiger partial charge in [-0.1, -0.05) is 18.2 Å². The van der Waals surface area contributed by atoms with E-state index in [9.17, 15) is 14.4 Å². The second-order valence-corrected chi connectivity index (χ2v) is 6.75. The van der Waals surface area contributed by atoms with E-state index in [1.54, 1.807) is 58.0 Å². The lowest BCUT2D eigenvalue weighted by molar-refractivity contribution is -0.151. The van der Waals surface area contributed by atoms with Gasteiger partial charge in [0.2, 0.25) is 0 Å². The van der Waals surface area contributed by atoms with Crippen molar-refractivity contribution >= 4 is 33.7 Å². The molecule has 0 saturated heterocycles. The van der Waals surface area contributed by atoms with E-state index in [-0.39, 0.29) is 30.3 Å². The zero-order chi connectivity index (χ0) is 22.5. The molecule has 164 valence electrons.